The molecule has 0 atom stereocenters. The number of nitrogens with one attached hydrogen (secondary N) is 2. The Morgan fingerprint density at radius 3 is 2.72 bits per heavy atom. The van der Waals surface area contributed by atoms with Gasteiger partial charge in [0.1, 0.15) is 5.75 Å². The minimum atomic E-state index is -0.128. The first-order chi connectivity index (χ1) is 12.0. The molecule has 0 aliphatic rings. The van der Waals surface area contributed by atoms with Gasteiger partial charge < -0.3 is 15.4 Å². The molecular weight excluding hydrogens is 336 g/mol. The molecule has 0 spiro atoms. The summed E-state index contributed by atoms with van der Waals surface area (Å²) in [5.74, 6) is 1.29. The quantitative estimate of drug-likeness (QED) is 0.686. The van der Waals surface area contributed by atoms with Crippen molar-refractivity contribution in [2.75, 3.05) is 23.8 Å². The fourth-order valence-electron chi connectivity index (χ4n) is 2.23. The van der Waals surface area contributed by atoms with Crippen LogP contribution in [0, 0.1) is 12.8 Å². The van der Waals surface area contributed by atoms with Gasteiger partial charge in [0.05, 0.1) is 13.2 Å². The summed E-state index contributed by atoms with van der Waals surface area (Å²) in [5.41, 5.74) is 2.43. The van der Waals surface area contributed by atoms with Crippen LogP contribution in [-0.2, 0) is 4.79 Å². The lowest BCUT2D eigenvalue weighted by Crippen LogP contribution is -2.22. The average Bonchev–Trinajstić information content (AvgIpc) is 2.57. The van der Waals surface area contributed by atoms with Crippen LogP contribution in [0.1, 0.15) is 25.8 Å². The SMILES string of the molecule is Cc1c(Cl)cccc1NC(=O)CNc1cccc(OCCC(C)C)c1. The van der Waals surface area contributed by atoms with Gasteiger partial charge in [-0.2, -0.15) is 0 Å². The summed E-state index contributed by atoms with van der Waals surface area (Å²) in [6.45, 7) is 7.07. The van der Waals surface area contributed by atoms with Gasteiger partial charge in [0.25, 0.3) is 0 Å². The molecule has 0 fully saturated rings. The highest BCUT2D eigenvalue weighted by Gasteiger charge is 2.07. The zero-order valence-corrected chi connectivity index (χ0v) is 15.7. The first-order valence-electron chi connectivity index (χ1n) is 8.47. The number of carbonyl (C=O) groups is 1. The van der Waals surface area contributed by atoms with E-state index in [4.69, 9.17) is 16.3 Å². The summed E-state index contributed by atoms with van der Waals surface area (Å²) in [4.78, 5) is 12.1. The molecule has 0 aliphatic heterocycles. The van der Waals surface area contributed by atoms with Crippen molar-refractivity contribution >= 4 is 28.9 Å². The van der Waals surface area contributed by atoms with Crippen LogP contribution in [-0.4, -0.2) is 19.1 Å². The van der Waals surface area contributed by atoms with Crippen LogP contribution in [0.25, 0.3) is 0 Å². The van der Waals surface area contributed by atoms with Crippen LogP contribution in [0.3, 0.4) is 0 Å². The maximum atomic E-state index is 12.1. The fourth-order valence-corrected chi connectivity index (χ4v) is 2.40. The molecule has 1 amide bonds. The minimum absolute atomic E-state index is 0.128. The van der Waals surface area contributed by atoms with Crippen molar-refractivity contribution in [2.24, 2.45) is 5.92 Å². The fraction of sp³-hybridized carbons (Fsp3) is 0.350. The van der Waals surface area contributed by atoms with E-state index in [1.165, 1.54) is 0 Å². The topological polar surface area (TPSA) is 50.4 Å². The highest BCUT2D eigenvalue weighted by atomic mass is 35.5. The molecule has 4 nitrogen and oxygen atoms in total. The molecule has 0 saturated heterocycles. The predicted octanol–water partition coefficient (Wildman–Crippen LogP) is 5.12. The second-order valence-corrected chi connectivity index (χ2v) is 6.78. The number of amides is 1. The number of ether oxygens (including phenoxy) is 1. The number of anilines is 2. The Kier molecular flexibility index (Phi) is 7.14. The van der Waals surface area contributed by atoms with E-state index in [9.17, 15) is 4.79 Å². The third-order valence-corrected chi connectivity index (χ3v) is 4.20. The summed E-state index contributed by atoms with van der Waals surface area (Å²) < 4.78 is 5.73. The molecule has 0 bridgehead atoms. The number of hydrogen-bond donors (Lipinski definition) is 2. The summed E-state index contributed by atoms with van der Waals surface area (Å²) in [6.07, 6.45) is 1.01. The smallest absolute Gasteiger partial charge is 0.243 e. The molecular formula is C20H25ClN2O2. The monoisotopic (exact) mass is 360 g/mol. The Hall–Kier alpha value is -2.20. The third kappa shape index (κ3) is 6.31. The van der Waals surface area contributed by atoms with E-state index in [0.29, 0.717) is 17.5 Å². The van der Waals surface area contributed by atoms with E-state index in [-0.39, 0.29) is 12.5 Å². The van der Waals surface area contributed by atoms with E-state index in [1.54, 1.807) is 6.07 Å². The summed E-state index contributed by atoms with van der Waals surface area (Å²) >= 11 is 6.07. The van der Waals surface area contributed by atoms with Crippen molar-refractivity contribution in [3.63, 3.8) is 0 Å². The van der Waals surface area contributed by atoms with Gasteiger partial charge in [-0.3, -0.25) is 4.79 Å². The number of rotatable bonds is 8. The molecule has 0 saturated carbocycles. The largest absolute Gasteiger partial charge is 0.494 e. The van der Waals surface area contributed by atoms with Crippen LogP contribution >= 0.6 is 11.6 Å². The number of carbonyl (C=O) groups excluding carboxylic acids is 1. The maximum Gasteiger partial charge on any atom is 0.243 e. The van der Waals surface area contributed by atoms with Crippen molar-refractivity contribution in [3.05, 3.63) is 53.1 Å². The molecule has 0 heterocycles. The molecule has 5 heteroatoms. The maximum absolute atomic E-state index is 12.1. The Morgan fingerprint density at radius 2 is 1.96 bits per heavy atom. The second-order valence-electron chi connectivity index (χ2n) is 6.37. The molecule has 0 aliphatic carbocycles. The van der Waals surface area contributed by atoms with Crippen LogP contribution in [0.15, 0.2) is 42.5 Å². The molecule has 0 radical (unpaired) electrons. The molecule has 2 N–H and O–H groups in total. The third-order valence-electron chi connectivity index (χ3n) is 3.79. The normalized spacial score (nSPS) is 10.6. The number of benzene rings is 2. The summed E-state index contributed by atoms with van der Waals surface area (Å²) in [6, 6.07) is 13.1. The Bertz CT molecular complexity index is 717. The van der Waals surface area contributed by atoms with E-state index in [2.05, 4.69) is 24.5 Å². The van der Waals surface area contributed by atoms with Gasteiger partial charge in [0, 0.05) is 22.5 Å². The predicted molar refractivity (Wildman–Crippen MR) is 105 cm³/mol. The average molecular weight is 361 g/mol. The lowest BCUT2D eigenvalue weighted by Gasteiger charge is -2.12. The van der Waals surface area contributed by atoms with Crippen molar-refractivity contribution in [1.82, 2.24) is 0 Å². The zero-order valence-electron chi connectivity index (χ0n) is 14.9. The van der Waals surface area contributed by atoms with Gasteiger partial charge in [-0.15, -0.1) is 0 Å². The van der Waals surface area contributed by atoms with Gasteiger partial charge in [-0.1, -0.05) is 37.6 Å². The van der Waals surface area contributed by atoms with E-state index >= 15 is 0 Å². The standard InChI is InChI=1S/C20H25ClN2O2/c1-14(2)10-11-25-17-7-4-6-16(12-17)22-13-20(24)23-19-9-5-8-18(21)15(19)3/h4-9,12,14,22H,10-11,13H2,1-3H3,(H,23,24). The van der Waals surface area contributed by atoms with E-state index in [0.717, 1.165) is 29.1 Å². The van der Waals surface area contributed by atoms with Gasteiger partial charge in [0.15, 0.2) is 0 Å². The van der Waals surface area contributed by atoms with Gasteiger partial charge in [0.2, 0.25) is 5.91 Å². The molecule has 2 rings (SSSR count). The highest BCUT2D eigenvalue weighted by Crippen LogP contribution is 2.23. The zero-order chi connectivity index (χ0) is 18.2. The Balaban J connectivity index is 1.86. The van der Waals surface area contributed by atoms with Crippen molar-refractivity contribution in [3.8, 4) is 5.75 Å². The first kappa shape index (κ1) is 19.1. The van der Waals surface area contributed by atoms with Crippen LogP contribution in [0.4, 0.5) is 11.4 Å². The molecule has 2 aromatic carbocycles. The van der Waals surface area contributed by atoms with Crippen molar-refractivity contribution < 1.29 is 9.53 Å². The van der Waals surface area contributed by atoms with Crippen LogP contribution in [0.2, 0.25) is 5.02 Å². The van der Waals surface area contributed by atoms with Gasteiger partial charge >= 0.3 is 0 Å². The lowest BCUT2D eigenvalue weighted by molar-refractivity contribution is -0.114. The Morgan fingerprint density at radius 1 is 1.20 bits per heavy atom. The lowest BCUT2D eigenvalue weighted by atomic mass is 10.1. The summed E-state index contributed by atoms with van der Waals surface area (Å²) in [7, 11) is 0. The van der Waals surface area contributed by atoms with E-state index < -0.39 is 0 Å². The first-order valence-corrected chi connectivity index (χ1v) is 8.85. The molecule has 0 unspecified atom stereocenters. The van der Waals surface area contributed by atoms with Crippen LogP contribution < -0.4 is 15.4 Å². The van der Waals surface area contributed by atoms with Crippen molar-refractivity contribution in [1.29, 1.82) is 0 Å². The van der Waals surface area contributed by atoms with Crippen LogP contribution in [0.5, 0.6) is 5.75 Å². The van der Waals surface area contributed by atoms with Crippen molar-refractivity contribution in [2.45, 2.75) is 27.2 Å². The highest BCUT2D eigenvalue weighted by molar-refractivity contribution is 6.31. The molecule has 0 aromatic heterocycles. The van der Waals surface area contributed by atoms with Gasteiger partial charge in [-0.25, -0.2) is 0 Å². The molecule has 2 aromatic rings. The van der Waals surface area contributed by atoms with Gasteiger partial charge in [-0.05, 0) is 49.1 Å². The molecule has 25 heavy (non-hydrogen) atoms. The number of hydrogen-bond acceptors (Lipinski definition) is 3. The Labute approximate surface area is 154 Å². The second kappa shape index (κ2) is 9.33. The number of halogens is 1. The summed E-state index contributed by atoms with van der Waals surface area (Å²) in [5, 5.41) is 6.61. The van der Waals surface area contributed by atoms with E-state index in [1.807, 2.05) is 43.3 Å². The molecule has 134 valence electrons. The minimum Gasteiger partial charge on any atom is -0.494 e.